The number of halogens is 2. The van der Waals surface area contributed by atoms with Crippen LogP contribution in [-0.4, -0.2) is 19.1 Å². The monoisotopic (exact) mass is 216 g/mol. The van der Waals surface area contributed by atoms with Crippen LogP contribution in [0.2, 0.25) is 10.0 Å². The van der Waals surface area contributed by atoms with Crippen LogP contribution in [0, 0.1) is 0 Å². The van der Waals surface area contributed by atoms with E-state index in [0.29, 0.717) is 16.1 Å². The molecule has 0 bridgehead atoms. The Hall–Kier alpha value is -0.440. The van der Waals surface area contributed by atoms with Crippen LogP contribution in [0.1, 0.15) is 0 Å². The van der Waals surface area contributed by atoms with Gasteiger partial charge in [-0.15, -0.1) is 0 Å². The second-order valence-electron chi connectivity index (χ2n) is 3.13. The first-order valence-electron chi connectivity index (χ1n) is 4.18. The molecule has 1 saturated heterocycles. The molecule has 0 atom stereocenters. The van der Waals surface area contributed by atoms with E-state index in [0.717, 1.165) is 18.8 Å². The van der Waals surface area contributed by atoms with Gasteiger partial charge in [0.25, 0.3) is 0 Å². The smallest absolute Gasteiger partial charge is 0.0612 e. The Balaban J connectivity index is 2.07. The summed E-state index contributed by atoms with van der Waals surface area (Å²) in [6.07, 6.45) is 0. The molecule has 0 unspecified atom stereocenters. The first-order chi connectivity index (χ1) is 6.25. The minimum absolute atomic E-state index is 0.525. The van der Waals surface area contributed by atoms with Crippen LogP contribution in [-0.2, 0) is 0 Å². The Labute approximate surface area is 87.2 Å². The van der Waals surface area contributed by atoms with Gasteiger partial charge in [-0.25, -0.2) is 0 Å². The normalized spacial score (nSPS) is 16.8. The molecule has 1 aromatic rings. The van der Waals surface area contributed by atoms with E-state index in [1.807, 2.05) is 12.1 Å². The topological polar surface area (TPSA) is 24.1 Å². The predicted octanol–water partition coefficient (Wildman–Crippen LogP) is 2.38. The predicted molar refractivity (Wildman–Crippen MR) is 56.7 cm³/mol. The largest absolute Gasteiger partial charge is 0.380 e. The van der Waals surface area contributed by atoms with Gasteiger partial charge in [0.2, 0.25) is 0 Å². The van der Waals surface area contributed by atoms with Crippen molar-refractivity contribution < 1.29 is 0 Å². The highest BCUT2D eigenvalue weighted by atomic mass is 35.5. The van der Waals surface area contributed by atoms with E-state index < -0.39 is 0 Å². The van der Waals surface area contributed by atoms with E-state index >= 15 is 0 Å². The molecule has 4 heteroatoms. The molecule has 0 aromatic heterocycles. The molecule has 0 amide bonds. The molecular formula is C9H10Cl2N2. The fourth-order valence-corrected chi connectivity index (χ4v) is 1.51. The molecule has 0 radical (unpaired) electrons. The molecule has 13 heavy (non-hydrogen) atoms. The van der Waals surface area contributed by atoms with Crippen molar-refractivity contribution in [3.8, 4) is 0 Å². The average Bonchev–Trinajstić information content (AvgIpc) is 2.04. The van der Waals surface area contributed by atoms with Crippen LogP contribution in [0.15, 0.2) is 18.2 Å². The van der Waals surface area contributed by atoms with Crippen LogP contribution in [0.5, 0.6) is 0 Å². The number of hydrogen-bond donors (Lipinski definition) is 2. The van der Waals surface area contributed by atoms with Crippen LogP contribution >= 0.6 is 23.2 Å². The van der Waals surface area contributed by atoms with E-state index in [2.05, 4.69) is 10.6 Å². The van der Waals surface area contributed by atoms with Crippen LogP contribution in [0.3, 0.4) is 0 Å². The molecule has 1 aromatic carbocycles. The summed E-state index contributed by atoms with van der Waals surface area (Å²) in [6, 6.07) is 6.12. The quantitative estimate of drug-likeness (QED) is 0.794. The van der Waals surface area contributed by atoms with Crippen LogP contribution in [0.4, 0.5) is 5.69 Å². The van der Waals surface area contributed by atoms with E-state index in [1.54, 1.807) is 6.07 Å². The Morgan fingerprint density at radius 1 is 1.23 bits per heavy atom. The van der Waals surface area contributed by atoms with Crippen molar-refractivity contribution in [3.05, 3.63) is 28.2 Å². The lowest BCUT2D eigenvalue weighted by molar-refractivity contribution is 0.472. The number of nitrogens with one attached hydrogen (secondary N) is 2. The lowest BCUT2D eigenvalue weighted by Crippen LogP contribution is -2.51. The second kappa shape index (κ2) is 3.74. The summed E-state index contributed by atoms with van der Waals surface area (Å²) in [5, 5.41) is 7.72. The molecule has 0 spiro atoms. The zero-order chi connectivity index (χ0) is 9.26. The van der Waals surface area contributed by atoms with Crippen molar-refractivity contribution in [3.63, 3.8) is 0 Å². The maximum Gasteiger partial charge on any atom is 0.0612 e. The minimum Gasteiger partial charge on any atom is -0.380 e. The number of rotatable bonds is 2. The third-order valence-corrected chi connectivity index (χ3v) is 2.81. The van der Waals surface area contributed by atoms with Gasteiger partial charge in [0.15, 0.2) is 0 Å². The van der Waals surface area contributed by atoms with Gasteiger partial charge in [-0.05, 0) is 18.2 Å². The minimum atomic E-state index is 0.525. The summed E-state index contributed by atoms with van der Waals surface area (Å²) in [5.74, 6) is 0. The van der Waals surface area contributed by atoms with E-state index in [9.17, 15) is 0 Å². The van der Waals surface area contributed by atoms with E-state index in [1.165, 1.54) is 0 Å². The molecule has 70 valence electrons. The van der Waals surface area contributed by atoms with Crippen molar-refractivity contribution >= 4 is 28.9 Å². The van der Waals surface area contributed by atoms with E-state index in [-0.39, 0.29) is 0 Å². The van der Waals surface area contributed by atoms with E-state index in [4.69, 9.17) is 23.2 Å². The van der Waals surface area contributed by atoms with Gasteiger partial charge in [-0.2, -0.15) is 0 Å². The van der Waals surface area contributed by atoms with Crippen molar-refractivity contribution in [2.45, 2.75) is 6.04 Å². The van der Waals surface area contributed by atoms with Gasteiger partial charge in [0, 0.05) is 18.8 Å². The highest BCUT2D eigenvalue weighted by molar-refractivity contribution is 6.42. The number of anilines is 1. The maximum absolute atomic E-state index is 5.87. The Bertz CT molecular complexity index is 310. The summed E-state index contributed by atoms with van der Waals surface area (Å²) >= 11 is 11.7. The van der Waals surface area contributed by atoms with Gasteiger partial charge in [-0.3, -0.25) is 0 Å². The molecule has 2 rings (SSSR count). The van der Waals surface area contributed by atoms with Crippen molar-refractivity contribution in [2.24, 2.45) is 0 Å². The first kappa shape index (κ1) is 9.13. The van der Waals surface area contributed by atoms with Crippen molar-refractivity contribution in [1.29, 1.82) is 0 Å². The van der Waals surface area contributed by atoms with Gasteiger partial charge >= 0.3 is 0 Å². The summed E-state index contributed by atoms with van der Waals surface area (Å²) in [7, 11) is 0. The molecule has 1 fully saturated rings. The van der Waals surface area contributed by atoms with Gasteiger partial charge in [0.1, 0.15) is 0 Å². The molecule has 0 saturated carbocycles. The molecule has 1 heterocycles. The van der Waals surface area contributed by atoms with Gasteiger partial charge in [-0.1, -0.05) is 23.2 Å². The Morgan fingerprint density at radius 2 is 2.00 bits per heavy atom. The number of hydrogen-bond acceptors (Lipinski definition) is 2. The van der Waals surface area contributed by atoms with Crippen LogP contribution < -0.4 is 10.6 Å². The van der Waals surface area contributed by atoms with Crippen molar-refractivity contribution in [1.82, 2.24) is 5.32 Å². The molecule has 0 aliphatic carbocycles. The Morgan fingerprint density at radius 3 is 2.54 bits per heavy atom. The first-order valence-corrected chi connectivity index (χ1v) is 4.93. The third-order valence-electron chi connectivity index (χ3n) is 2.07. The molecule has 1 aliphatic heterocycles. The lowest BCUT2D eigenvalue weighted by Gasteiger charge is -2.29. The highest BCUT2D eigenvalue weighted by Gasteiger charge is 2.15. The summed E-state index contributed by atoms with van der Waals surface area (Å²) in [4.78, 5) is 0. The maximum atomic E-state index is 5.87. The summed E-state index contributed by atoms with van der Waals surface area (Å²) in [5.41, 5.74) is 1.03. The molecule has 2 N–H and O–H groups in total. The zero-order valence-electron chi connectivity index (χ0n) is 6.98. The Kier molecular flexibility index (Phi) is 2.63. The SMILES string of the molecule is Clc1ccc(NC2CNC2)cc1Cl. The zero-order valence-corrected chi connectivity index (χ0v) is 8.49. The van der Waals surface area contributed by atoms with Gasteiger partial charge < -0.3 is 10.6 Å². The molecule has 2 nitrogen and oxygen atoms in total. The summed E-state index contributed by atoms with van der Waals surface area (Å²) < 4.78 is 0. The number of benzene rings is 1. The lowest BCUT2D eigenvalue weighted by atomic mass is 10.1. The second-order valence-corrected chi connectivity index (χ2v) is 3.94. The van der Waals surface area contributed by atoms with Crippen LogP contribution in [0.25, 0.3) is 0 Å². The average molecular weight is 217 g/mol. The standard InChI is InChI=1S/C9H10Cl2N2/c10-8-2-1-6(3-9(8)11)13-7-4-12-5-7/h1-3,7,12-13H,4-5H2. The van der Waals surface area contributed by atoms with Gasteiger partial charge in [0.05, 0.1) is 16.1 Å². The fourth-order valence-electron chi connectivity index (χ4n) is 1.21. The van der Waals surface area contributed by atoms with Crippen molar-refractivity contribution in [2.75, 3.05) is 18.4 Å². The fraction of sp³-hybridized carbons (Fsp3) is 0.333. The third kappa shape index (κ3) is 2.08. The molecular weight excluding hydrogens is 207 g/mol. The highest BCUT2D eigenvalue weighted by Crippen LogP contribution is 2.25. The summed E-state index contributed by atoms with van der Waals surface area (Å²) in [6.45, 7) is 2.03. The molecule has 1 aliphatic rings.